The summed E-state index contributed by atoms with van der Waals surface area (Å²) in [6.45, 7) is 2.60. The molecule has 2 unspecified atom stereocenters. The maximum absolute atomic E-state index is 10.8. The second-order valence-corrected chi connectivity index (χ2v) is 5.78. The molecule has 0 spiro atoms. The highest BCUT2D eigenvalue weighted by atomic mass is 16.4. The molecule has 0 bridgehead atoms. The van der Waals surface area contributed by atoms with Gasteiger partial charge in [0, 0.05) is 12.6 Å². The number of rotatable bonds is 8. The summed E-state index contributed by atoms with van der Waals surface area (Å²) in [5.74, 6) is -0.901. The van der Waals surface area contributed by atoms with Crippen LogP contribution in [-0.4, -0.2) is 28.8 Å². The lowest BCUT2D eigenvalue weighted by Crippen LogP contribution is -2.30. The average molecular weight is 313 g/mol. The van der Waals surface area contributed by atoms with E-state index in [2.05, 4.69) is 12.2 Å². The number of carboxylic acids is 1. The molecule has 122 valence electrons. The highest BCUT2D eigenvalue weighted by Crippen LogP contribution is 2.12. The first-order chi connectivity index (χ1) is 11.1. The first kappa shape index (κ1) is 17.2. The Labute approximate surface area is 136 Å². The number of aromatic carboxylic acids is 1. The summed E-state index contributed by atoms with van der Waals surface area (Å²) < 4.78 is 0. The number of hydrogen-bond acceptors (Lipinski definition) is 3. The van der Waals surface area contributed by atoms with Gasteiger partial charge in [-0.25, -0.2) is 4.79 Å². The van der Waals surface area contributed by atoms with Gasteiger partial charge in [0.15, 0.2) is 0 Å². The smallest absolute Gasteiger partial charge is 0.335 e. The predicted octanol–water partition coefficient (Wildman–Crippen LogP) is 3.03. The summed E-state index contributed by atoms with van der Waals surface area (Å²) >= 11 is 0. The van der Waals surface area contributed by atoms with Crippen LogP contribution in [0.25, 0.3) is 0 Å². The summed E-state index contributed by atoms with van der Waals surface area (Å²) in [5.41, 5.74) is 2.34. The minimum Gasteiger partial charge on any atom is -0.478 e. The Kier molecular flexibility index (Phi) is 6.32. The fourth-order valence-corrected chi connectivity index (χ4v) is 2.41. The van der Waals surface area contributed by atoms with Gasteiger partial charge < -0.3 is 15.5 Å². The quantitative estimate of drug-likeness (QED) is 0.700. The number of aliphatic hydroxyl groups is 1. The van der Waals surface area contributed by atoms with E-state index >= 15 is 0 Å². The van der Waals surface area contributed by atoms with E-state index in [1.807, 2.05) is 42.5 Å². The molecule has 0 radical (unpaired) electrons. The Morgan fingerprint density at radius 2 is 1.74 bits per heavy atom. The van der Waals surface area contributed by atoms with E-state index in [1.165, 1.54) is 0 Å². The summed E-state index contributed by atoms with van der Waals surface area (Å²) in [7, 11) is 0. The molecule has 0 aliphatic carbocycles. The maximum atomic E-state index is 10.8. The van der Waals surface area contributed by atoms with Gasteiger partial charge in [0.25, 0.3) is 0 Å². The number of carbonyl (C=O) groups is 1. The van der Waals surface area contributed by atoms with Crippen LogP contribution in [0.2, 0.25) is 0 Å². The summed E-state index contributed by atoms with van der Waals surface area (Å²) in [4.78, 5) is 10.8. The largest absolute Gasteiger partial charge is 0.478 e. The Morgan fingerprint density at radius 3 is 2.35 bits per heavy atom. The fraction of sp³-hybridized carbons (Fsp3) is 0.316. The Balaban J connectivity index is 1.74. The van der Waals surface area contributed by atoms with Gasteiger partial charge in [-0.05, 0) is 43.0 Å². The van der Waals surface area contributed by atoms with Gasteiger partial charge in [0.1, 0.15) is 0 Å². The van der Waals surface area contributed by atoms with Crippen LogP contribution in [0.1, 0.15) is 40.9 Å². The molecule has 2 rings (SSSR count). The predicted molar refractivity (Wildman–Crippen MR) is 90.6 cm³/mol. The first-order valence-electron chi connectivity index (χ1n) is 7.85. The molecule has 0 fully saturated rings. The van der Waals surface area contributed by atoms with Crippen molar-refractivity contribution in [2.75, 3.05) is 6.54 Å². The van der Waals surface area contributed by atoms with Gasteiger partial charge >= 0.3 is 5.97 Å². The van der Waals surface area contributed by atoms with Crippen molar-refractivity contribution in [3.8, 4) is 0 Å². The number of aliphatic hydroxyl groups excluding tert-OH is 1. The maximum Gasteiger partial charge on any atom is 0.335 e. The fourth-order valence-electron chi connectivity index (χ4n) is 2.41. The van der Waals surface area contributed by atoms with Crippen LogP contribution in [-0.2, 0) is 6.42 Å². The van der Waals surface area contributed by atoms with Crippen LogP contribution >= 0.6 is 0 Å². The Bertz CT molecular complexity index is 610. The summed E-state index contributed by atoms with van der Waals surface area (Å²) in [6.07, 6.45) is 1.29. The van der Waals surface area contributed by atoms with Crippen molar-refractivity contribution in [2.24, 2.45) is 0 Å². The van der Waals surface area contributed by atoms with E-state index in [-0.39, 0.29) is 6.04 Å². The highest BCUT2D eigenvalue weighted by Gasteiger charge is 2.09. The molecule has 2 aromatic rings. The molecular formula is C19H23NO3. The molecule has 0 heterocycles. The molecule has 4 heteroatoms. The van der Waals surface area contributed by atoms with Gasteiger partial charge in [-0.15, -0.1) is 0 Å². The van der Waals surface area contributed by atoms with E-state index in [4.69, 9.17) is 5.11 Å². The van der Waals surface area contributed by atoms with Gasteiger partial charge in [-0.1, -0.05) is 42.5 Å². The Hall–Kier alpha value is -2.17. The van der Waals surface area contributed by atoms with Crippen LogP contribution in [0.3, 0.4) is 0 Å². The van der Waals surface area contributed by atoms with Crippen molar-refractivity contribution < 1.29 is 15.0 Å². The number of nitrogens with one attached hydrogen (secondary N) is 1. The molecule has 0 aliphatic heterocycles. The zero-order valence-electron chi connectivity index (χ0n) is 13.3. The van der Waals surface area contributed by atoms with Gasteiger partial charge in [-0.2, -0.15) is 0 Å². The molecule has 0 saturated heterocycles. The van der Waals surface area contributed by atoms with Crippen molar-refractivity contribution in [3.05, 3.63) is 71.3 Å². The lowest BCUT2D eigenvalue weighted by molar-refractivity contribution is 0.0697. The molecule has 23 heavy (non-hydrogen) atoms. The van der Waals surface area contributed by atoms with E-state index in [9.17, 15) is 9.90 Å². The average Bonchev–Trinajstić information content (AvgIpc) is 2.59. The summed E-state index contributed by atoms with van der Waals surface area (Å²) in [6, 6.07) is 16.9. The number of aryl methyl sites for hydroxylation is 1. The standard InChI is InChI=1S/C19H23NO3/c1-14(20-13-18(21)16-5-3-2-4-6-16)7-8-15-9-11-17(12-10-15)19(22)23/h2-6,9-12,14,18,20-21H,7-8,13H2,1H3,(H,22,23). The van der Waals surface area contributed by atoms with Gasteiger partial charge in [-0.3, -0.25) is 0 Å². The zero-order chi connectivity index (χ0) is 16.7. The second-order valence-electron chi connectivity index (χ2n) is 5.78. The molecule has 2 aromatic carbocycles. The highest BCUT2D eigenvalue weighted by molar-refractivity contribution is 5.87. The van der Waals surface area contributed by atoms with Crippen LogP contribution in [0.5, 0.6) is 0 Å². The van der Waals surface area contributed by atoms with Crippen LogP contribution in [0.15, 0.2) is 54.6 Å². The van der Waals surface area contributed by atoms with E-state index in [0.29, 0.717) is 12.1 Å². The molecule has 0 saturated carbocycles. The minimum absolute atomic E-state index is 0.271. The van der Waals surface area contributed by atoms with E-state index < -0.39 is 12.1 Å². The minimum atomic E-state index is -0.901. The van der Waals surface area contributed by atoms with Crippen molar-refractivity contribution in [2.45, 2.75) is 31.9 Å². The van der Waals surface area contributed by atoms with Gasteiger partial charge in [0.2, 0.25) is 0 Å². The lowest BCUT2D eigenvalue weighted by Gasteiger charge is -2.17. The zero-order valence-corrected chi connectivity index (χ0v) is 13.3. The lowest BCUT2D eigenvalue weighted by atomic mass is 10.0. The third-order valence-electron chi connectivity index (χ3n) is 3.91. The number of benzene rings is 2. The topological polar surface area (TPSA) is 69.6 Å². The van der Waals surface area contributed by atoms with Crippen LogP contribution in [0.4, 0.5) is 0 Å². The first-order valence-corrected chi connectivity index (χ1v) is 7.85. The summed E-state index contributed by atoms with van der Waals surface area (Å²) in [5, 5.41) is 22.3. The monoisotopic (exact) mass is 313 g/mol. The van der Waals surface area contributed by atoms with Crippen molar-refractivity contribution >= 4 is 5.97 Å². The molecule has 0 aliphatic rings. The Morgan fingerprint density at radius 1 is 1.09 bits per heavy atom. The normalized spacial score (nSPS) is 13.5. The van der Waals surface area contributed by atoms with E-state index in [1.54, 1.807) is 12.1 Å². The molecule has 0 amide bonds. The molecule has 0 aromatic heterocycles. The number of hydrogen-bond donors (Lipinski definition) is 3. The van der Waals surface area contributed by atoms with Crippen LogP contribution in [0, 0.1) is 0 Å². The van der Waals surface area contributed by atoms with Gasteiger partial charge in [0.05, 0.1) is 11.7 Å². The van der Waals surface area contributed by atoms with Crippen LogP contribution < -0.4 is 5.32 Å². The molecular weight excluding hydrogens is 290 g/mol. The molecule has 2 atom stereocenters. The number of carboxylic acid groups (broad SMARTS) is 1. The molecule has 3 N–H and O–H groups in total. The van der Waals surface area contributed by atoms with Crippen molar-refractivity contribution in [1.82, 2.24) is 5.32 Å². The van der Waals surface area contributed by atoms with E-state index in [0.717, 1.165) is 24.0 Å². The third-order valence-corrected chi connectivity index (χ3v) is 3.91. The third kappa shape index (κ3) is 5.51. The SMILES string of the molecule is CC(CCc1ccc(C(=O)O)cc1)NCC(O)c1ccccc1. The second kappa shape index (κ2) is 8.46. The van der Waals surface area contributed by atoms with Crippen molar-refractivity contribution in [1.29, 1.82) is 0 Å². The van der Waals surface area contributed by atoms with Crippen molar-refractivity contribution in [3.63, 3.8) is 0 Å². The molecule has 4 nitrogen and oxygen atoms in total.